The maximum Gasteiger partial charge on any atom is 0.417 e. The summed E-state index contributed by atoms with van der Waals surface area (Å²) in [6.07, 6.45) is -0.511. The van der Waals surface area contributed by atoms with Gasteiger partial charge in [0.2, 0.25) is 0 Å². The van der Waals surface area contributed by atoms with E-state index in [9.17, 15) is 17.6 Å². The van der Waals surface area contributed by atoms with Gasteiger partial charge < -0.3 is 0 Å². The zero-order chi connectivity index (χ0) is 11.1. The predicted octanol–water partition coefficient (Wildman–Crippen LogP) is 3.32. The molecule has 1 aliphatic carbocycles. The van der Waals surface area contributed by atoms with E-state index in [1.807, 2.05) is 6.42 Å². The van der Waals surface area contributed by atoms with Crippen molar-refractivity contribution in [1.82, 2.24) is 4.98 Å². The van der Waals surface area contributed by atoms with Crippen LogP contribution in [0.25, 0.3) is 0 Å². The maximum absolute atomic E-state index is 13.3. The number of nitrogens with zero attached hydrogens (tertiary/aromatic N) is 1. The zero-order valence-corrected chi connectivity index (χ0v) is 7.68. The van der Waals surface area contributed by atoms with Gasteiger partial charge >= 0.3 is 6.18 Å². The SMILES string of the molecule is Fc1cc(C(F)(F)F)cnc1C1C[CH]C1. The van der Waals surface area contributed by atoms with Gasteiger partial charge in [-0.25, -0.2) is 4.39 Å². The molecule has 15 heavy (non-hydrogen) atoms. The molecule has 1 aromatic rings. The molecule has 0 saturated heterocycles. The minimum Gasteiger partial charge on any atom is -0.257 e. The fourth-order valence-corrected chi connectivity index (χ4v) is 1.46. The van der Waals surface area contributed by atoms with Crippen molar-refractivity contribution < 1.29 is 17.6 Å². The summed E-state index contributed by atoms with van der Waals surface area (Å²) in [4.78, 5) is 3.55. The first kappa shape index (κ1) is 10.4. The molecule has 1 aromatic heterocycles. The van der Waals surface area contributed by atoms with Crippen LogP contribution in [0, 0.1) is 12.2 Å². The van der Waals surface area contributed by atoms with Crippen LogP contribution in [-0.2, 0) is 6.18 Å². The molecule has 0 aliphatic heterocycles. The Hall–Kier alpha value is -1.13. The van der Waals surface area contributed by atoms with Gasteiger partial charge in [0.05, 0.1) is 11.3 Å². The number of aromatic nitrogens is 1. The zero-order valence-electron chi connectivity index (χ0n) is 7.68. The topological polar surface area (TPSA) is 12.9 Å². The van der Waals surface area contributed by atoms with Crippen LogP contribution in [0.5, 0.6) is 0 Å². The van der Waals surface area contributed by atoms with E-state index < -0.39 is 17.6 Å². The summed E-state index contributed by atoms with van der Waals surface area (Å²) in [5.41, 5.74) is -0.891. The quantitative estimate of drug-likeness (QED) is 0.659. The third-order valence-corrected chi connectivity index (χ3v) is 2.49. The minimum atomic E-state index is -4.53. The highest BCUT2D eigenvalue weighted by atomic mass is 19.4. The molecule has 5 heteroatoms. The van der Waals surface area contributed by atoms with E-state index in [-0.39, 0.29) is 11.6 Å². The lowest BCUT2D eigenvalue weighted by Crippen LogP contribution is -2.15. The first-order chi connectivity index (χ1) is 6.98. The number of pyridine rings is 1. The first-order valence-electron chi connectivity index (χ1n) is 4.53. The molecule has 1 saturated carbocycles. The summed E-state index contributed by atoms with van der Waals surface area (Å²) in [7, 11) is 0. The molecular weight excluding hydrogens is 210 g/mol. The maximum atomic E-state index is 13.3. The van der Waals surface area contributed by atoms with E-state index >= 15 is 0 Å². The lowest BCUT2D eigenvalue weighted by atomic mass is 9.82. The summed E-state index contributed by atoms with van der Waals surface area (Å²) in [5.74, 6) is -0.907. The van der Waals surface area contributed by atoms with E-state index in [1.54, 1.807) is 0 Å². The van der Waals surface area contributed by atoms with E-state index in [0.29, 0.717) is 25.1 Å². The highest BCUT2D eigenvalue weighted by Gasteiger charge is 2.33. The third kappa shape index (κ3) is 1.96. The Bertz CT molecular complexity index is 368. The van der Waals surface area contributed by atoms with E-state index in [1.165, 1.54) is 0 Å². The third-order valence-electron chi connectivity index (χ3n) is 2.49. The van der Waals surface area contributed by atoms with Gasteiger partial charge in [-0.05, 0) is 25.3 Å². The van der Waals surface area contributed by atoms with Crippen LogP contribution >= 0.6 is 0 Å². The fourth-order valence-electron chi connectivity index (χ4n) is 1.46. The van der Waals surface area contributed by atoms with Crippen molar-refractivity contribution in [2.75, 3.05) is 0 Å². The molecule has 0 bridgehead atoms. The molecule has 0 amide bonds. The monoisotopic (exact) mass is 218 g/mol. The molecule has 0 aromatic carbocycles. The van der Waals surface area contributed by atoms with Crippen LogP contribution in [0.15, 0.2) is 12.3 Å². The Balaban J connectivity index is 2.30. The average Bonchev–Trinajstić information content (AvgIpc) is 2.03. The summed E-state index contributed by atoms with van der Waals surface area (Å²) >= 11 is 0. The van der Waals surface area contributed by atoms with Gasteiger partial charge in [0.1, 0.15) is 5.82 Å². The molecular formula is C10H8F4N. The lowest BCUT2D eigenvalue weighted by Gasteiger charge is -2.24. The molecule has 1 heterocycles. The molecule has 1 radical (unpaired) electrons. The summed E-state index contributed by atoms with van der Waals surface area (Å²) in [6, 6.07) is 0.515. The Morgan fingerprint density at radius 2 is 1.93 bits per heavy atom. The Morgan fingerprint density at radius 3 is 2.33 bits per heavy atom. The first-order valence-corrected chi connectivity index (χ1v) is 4.53. The lowest BCUT2D eigenvalue weighted by molar-refractivity contribution is -0.138. The highest BCUT2D eigenvalue weighted by Crippen LogP contribution is 2.37. The molecule has 1 fully saturated rings. The summed E-state index contributed by atoms with van der Waals surface area (Å²) in [6.45, 7) is 0. The van der Waals surface area contributed by atoms with Gasteiger partial charge in [0.15, 0.2) is 0 Å². The second kappa shape index (κ2) is 3.47. The van der Waals surface area contributed by atoms with E-state index in [0.717, 1.165) is 0 Å². The van der Waals surface area contributed by atoms with Crippen molar-refractivity contribution in [1.29, 1.82) is 0 Å². The van der Waals surface area contributed by atoms with Crippen LogP contribution in [-0.4, -0.2) is 4.98 Å². The Kier molecular flexibility index (Phi) is 2.40. The van der Waals surface area contributed by atoms with Crippen molar-refractivity contribution in [3.63, 3.8) is 0 Å². The molecule has 2 rings (SSSR count). The second-order valence-corrected chi connectivity index (χ2v) is 3.55. The van der Waals surface area contributed by atoms with Gasteiger partial charge in [-0.15, -0.1) is 0 Å². The average molecular weight is 218 g/mol. The van der Waals surface area contributed by atoms with Gasteiger partial charge in [-0.2, -0.15) is 13.2 Å². The molecule has 0 atom stereocenters. The van der Waals surface area contributed by atoms with Crippen molar-refractivity contribution in [2.45, 2.75) is 24.9 Å². The largest absolute Gasteiger partial charge is 0.417 e. The van der Waals surface area contributed by atoms with Crippen LogP contribution < -0.4 is 0 Å². The van der Waals surface area contributed by atoms with Crippen LogP contribution in [0.2, 0.25) is 0 Å². The van der Waals surface area contributed by atoms with Gasteiger partial charge in [-0.3, -0.25) is 4.98 Å². The normalized spacial score (nSPS) is 17.6. The number of hydrogen-bond donors (Lipinski definition) is 0. The molecule has 0 unspecified atom stereocenters. The number of halogens is 4. The highest BCUT2D eigenvalue weighted by molar-refractivity contribution is 5.23. The Labute approximate surface area is 84.1 Å². The van der Waals surface area contributed by atoms with Crippen LogP contribution in [0.3, 0.4) is 0 Å². The minimum absolute atomic E-state index is 0.0488. The number of hydrogen-bond acceptors (Lipinski definition) is 1. The van der Waals surface area contributed by atoms with Crippen LogP contribution in [0.4, 0.5) is 17.6 Å². The number of alkyl halides is 3. The molecule has 0 spiro atoms. The molecule has 1 nitrogen and oxygen atoms in total. The van der Waals surface area contributed by atoms with Crippen molar-refractivity contribution in [2.24, 2.45) is 0 Å². The van der Waals surface area contributed by atoms with Gasteiger partial charge in [0.25, 0.3) is 0 Å². The van der Waals surface area contributed by atoms with E-state index in [4.69, 9.17) is 0 Å². The molecule has 81 valence electrons. The van der Waals surface area contributed by atoms with Crippen molar-refractivity contribution in [3.05, 3.63) is 35.8 Å². The smallest absolute Gasteiger partial charge is 0.257 e. The second-order valence-electron chi connectivity index (χ2n) is 3.55. The fraction of sp³-hybridized carbons (Fsp3) is 0.400. The molecule has 0 N–H and O–H groups in total. The molecule has 1 aliphatic rings. The van der Waals surface area contributed by atoms with Gasteiger partial charge in [-0.1, -0.05) is 0 Å². The standard InChI is InChI=1S/C10H8F4N/c11-8-4-7(10(12,13)14)5-15-9(8)6-2-1-3-6/h1,4-6H,2-3H2. The predicted molar refractivity (Wildman–Crippen MR) is 45.5 cm³/mol. The van der Waals surface area contributed by atoms with E-state index in [2.05, 4.69) is 4.98 Å². The van der Waals surface area contributed by atoms with Crippen molar-refractivity contribution in [3.8, 4) is 0 Å². The van der Waals surface area contributed by atoms with Crippen molar-refractivity contribution >= 4 is 0 Å². The Morgan fingerprint density at radius 1 is 1.27 bits per heavy atom. The van der Waals surface area contributed by atoms with Crippen LogP contribution in [0.1, 0.15) is 30.0 Å². The summed E-state index contributed by atoms with van der Waals surface area (Å²) < 4.78 is 49.8. The summed E-state index contributed by atoms with van der Waals surface area (Å²) in [5, 5.41) is 0. The number of rotatable bonds is 1. The van der Waals surface area contributed by atoms with Gasteiger partial charge in [0, 0.05) is 12.1 Å².